The SMILES string of the molecule is O=C(COC(=O)c1ccsc1)Nc1cc(C(F)(F)F)ccc1N1CCCC1. The molecule has 1 aromatic heterocycles. The number of rotatable bonds is 5. The molecular formula is C18H17F3N2O3S. The highest BCUT2D eigenvalue weighted by molar-refractivity contribution is 7.08. The lowest BCUT2D eigenvalue weighted by Crippen LogP contribution is -2.24. The summed E-state index contributed by atoms with van der Waals surface area (Å²) in [5.41, 5.74) is 0.0574. The Labute approximate surface area is 157 Å². The highest BCUT2D eigenvalue weighted by Crippen LogP contribution is 2.36. The van der Waals surface area contributed by atoms with Crippen molar-refractivity contribution >= 4 is 34.6 Å². The largest absolute Gasteiger partial charge is 0.452 e. The molecule has 0 atom stereocenters. The van der Waals surface area contributed by atoms with Gasteiger partial charge in [-0.15, -0.1) is 0 Å². The zero-order valence-corrected chi connectivity index (χ0v) is 15.0. The van der Waals surface area contributed by atoms with Crippen LogP contribution in [0.2, 0.25) is 0 Å². The molecule has 9 heteroatoms. The normalized spacial score (nSPS) is 14.3. The highest BCUT2D eigenvalue weighted by Gasteiger charge is 2.32. The van der Waals surface area contributed by atoms with Gasteiger partial charge in [-0.25, -0.2) is 4.79 Å². The number of carbonyl (C=O) groups is 2. The molecule has 27 heavy (non-hydrogen) atoms. The Hall–Kier alpha value is -2.55. The number of hydrogen-bond donors (Lipinski definition) is 1. The van der Waals surface area contributed by atoms with E-state index in [1.54, 1.807) is 16.8 Å². The van der Waals surface area contributed by atoms with E-state index in [2.05, 4.69) is 5.32 Å². The summed E-state index contributed by atoms with van der Waals surface area (Å²) < 4.78 is 44.0. The summed E-state index contributed by atoms with van der Waals surface area (Å²) in [7, 11) is 0. The Morgan fingerprint density at radius 1 is 1.19 bits per heavy atom. The second-order valence-corrected chi connectivity index (χ2v) is 6.84. The maximum atomic E-state index is 13.0. The van der Waals surface area contributed by atoms with E-state index >= 15 is 0 Å². The second kappa shape index (κ2) is 7.99. The van der Waals surface area contributed by atoms with Crippen molar-refractivity contribution < 1.29 is 27.5 Å². The molecule has 1 saturated heterocycles. The third-order valence-corrected chi connectivity index (χ3v) is 4.82. The molecular weight excluding hydrogens is 381 g/mol. The van der Waals surface area contributed by atoms with E-state index in [1.807, 2.05) is 4.90 Å². The van der Waals surface area contributed by atoms with Gasteiger partial charge in [-0.05, 0) is 42.5 Å². The van der Waals surface area contributed by atoms with Gasteiger partial charge in [0.2, 0.25) is 0 Å². The van der Waals surface area contributed by atoms with Crippen LogP contribution in [0.3, 0.4) is 0 Å². The second-order valence-electron chi connectivity index (χ2n) is 6.06. The number of anilines is 2. The van der Waals surface area contributed by atoms with Gasteiger partial charge in [0.25, 0.3) is 5.91 Å². The van der Waals surface area contributed by atoms with E-state index in [0.717, 1.165) is 25.0 Å². The first-order valence-corrected chi connectivity index (χ1v) is 9.24. The molecule has 1 aliphatic heterocycles. The molecule has 0 aliphatic carbocycles. The van der Waals surface area contributed by atoms with E-state index in [9.17, 15) is 22.8 Å². The number of amides is 1. The van der Waals surface area contributed by atoms with Gasteiger partial charge in [-0.1, -0.05) is 0 Å². The number of halogens is 3. The monoisotopic (exact) mass is 398 g/mol. The molecule has 0 bridgehead atoms. The van der Waals surface area contributed by atoms with Crippen LogP contribution < -0.4 is 10.2 Å². The van der Waals surface area contributed by atoms with Crippen LogP contribution in [0.5, 0.6) is 0 Å². The van der Waals surface area contributed by atoms with E-state index < -0.39 is 30.2 Å². The number of hydrogen-bond acceptors (Lipinski definition) is 5. The van der Waals surface area contributed by atoms with Gasteiger partial charge >= 0.3 is 12.1 Å². The predicted molar refractivity (Wildman–Crippen MR) is 96.1 cm³/mol. The van der Waals surface area contributed by atoms with Crippen LogP contribution in [-0.4, -0.2) is 31.6 Å². The lowest BCUT2D eigenvalue weighted by molar-refractivity contribution is -0.137. The van der Waals surface area contributed by atoms with Gasteiger partial charge in [-0.3, -0.25) is 4.79 Å². The molecule has 2 aromatic rings. The van der Waals surface area contributed by atoms with Crippen molar-refractivity contribution in [3.8, 4) is 0 Å². The van der Waals surface area contributed by atoms with Gasteiger partial charge in [0.15, 0.2) is 6.61 Å². The van der Waals surface area contributed by atoms with Crippen LogP contribution in [0.1, 0.15) is 28.8 Å². The molecule has 1 aromatic carbocycles. The fourth-order valence-corrected chi connectivity index (χ4v) is 3.45. The number of esters is 1. The van der Waals surface area contributed by atoms with Crippen molar-refractivity contribution in [2.24, 2.45) is 0 Å². The summed E-state index contributed by atoms with van der Waals surface area (Å²) in [5.74, 6) is -1.35. The molecule has 0 unspecified atom stereocenters. The van der Waals surface area contributed by atoms with E-state index in [0.29, 0.717) is 24.3 Å². The molecule has 1 amide bonds. The van der Waals surface area contributed by atoms with Gasteiger partial charge in [0, 0.05) is 18.5 Å². The number of nitrogens with zero attached hydrogens (tertiary/aromatic N) is 1. The maximum absolute atomic E-state index is 13.0. The van der Waals surface area contributed by atoms with Crippen LogP contribution in [0.4, 0.5) is 24.5 Å². The molecule has 1 N–H and O–H groups in total. The number of alkyl halides is 3. The van der Waals surface area contributed by atoms with Crippen molar-refractivity contribution in [3.05, 3.63) is 46.2 Å². The van der Waals surface area contributed by atoms with Gasteiger partial charge < -0.3 is 15.0 Å². The highest BCUT2D eigenvalue weighted by atomic mass is 32.1. The van der Waals surface area contributed by atoms with Crippen LogP contribution in [0.15, 0.2) is 35.0 Å². The number of benzene rings is 1. The van der Waals surface area contributed by atoms with Crippen molar-refractivity contribution in [1.82, 2.24) is 0 Å². The van der Waals surface area contributed by atoms with E-state index in [1.165, 1.54) is 17.4 Å². The Kier molecular flexibility index (Phi) is 5.69. The summed E-state index contributed by atoms with van der Waals surface area (Å²) in [6.07, 6.45) is -2.65. The molecule has 0 spiro atoms. The molecule has 3 rings (SSSR count). The van der Waals surface area contributed by atoms with Crippen LogP contribution >= 0.6 is 11.3 Å². The van der Waals surface area contributed by atoms with Gasteiger partial charge in [-0.2, -0.15) is 24.5 Å². The fourth-order valence-electron chi connectivity index (χ4n) is 2.83. The Balaban J connectivity index is 1.72. The zero-order valence-electron chi connectivity index (χ0n) is 14.2. The third-order valence-electron chi connectivity index (χ3n) is 4.14. The van der Waals surface area contributed by atoms with Crippen molar-refractivity contribution in [1.29, 1.82) is 0 Å². The standard InChI is InChI=1S/C18H17F3N2O3S/c19-18(20,21)13-3-4-15(23-6-1-2-7-23)14(9-13)22-16(24)10-26-17(25)12-5-8-27-11-12/h3-5,8-9,11H,1-2,6-7,10H2,(H,22,24). The van der Waals surface area contributed by atoms with Crippen molar-refractivity contribution in [2.45, 2.75) is 19.0 Å². The summed E-state index contributed by atoms with van der Waals surface area (Å²) in [6, 6.07) is 4.83. The first-order chi connectivity index (χ1) is 12.8. The van der Waals surface area contributed by atoms with Crippen LogP contribution in [0, 0.1) is 0 Å². The fraction of sp³-hybridized carbons (Fsp3) is 0.333. The minimum Gasteiger partial charge on any atom is -0.452 e. The lowest BCUT2D eigenvalue weighted by atomic mass is 10.1. The molecule has 1 aliphatic rings. The average molecular weight is 398 g/mol. The molecule has 144 valence electrons. The maximum Gasteiger partial charge on any atom is 0.416 e. The first-order valence-electron chi connectivity index (χ1n) is 8.30. The number of thiophene rings is 1. The minimum absolute atomic E-state index is 0.0586. The van der Waals surface area contributed by atoms with Crippen molar-refractivity contribution in [2.75, 3.05) is 29.9 Å². The molecule has 5 nitrogen and oxygen atoms in total. The van der Waals surface area contributed by atoms with Crippen molar-refractivity contribution in [3.63, 3.8) is 0 Å². The van der Waals surface area contributed by atoms with E-state index in [-0.39, 0.29) is 5.69 Å². The van der Waals surface area contributed by atoms with Crippen LogP contribution in [0.25, 0.3) is 0 Å². The smallest absolute Gasteiger partial charge is 0.416 e. The quantitative estimate of drug-likeness (QED) is 0.769. The summed E-state index contributed by atoms with van der Waals surface area (Å²) in [5, 5.41) is 5.72. The van der Waals surface area contributed by atoms with Crippen LogP contribution in [-0.2, 0) is 15.7 Å². The summed E-state index contributed by atoms with van der Waals surface area (Å²) in [6.45, 7) is 0.840. The summed E-state index contributed by atoms with van der Waals surface area (Å²) in [4.78, 5) is 25.8. The lowest BCUT2D eigenvalue weighted by Gasteiger charge is -2.23. The molecule has 2 heterocycles. The third kappa shape index (κ3) is 4.79. The minimum atomic E-state index is -4.52. The average Bonchev–Trinajstić information content (AvgIpc) is 3.32. The first kappa shape index (κ1) is 19.2. The number of nitrogens with one attached hydrogen (secondary N) is 1. The number of carbonyl (C=O) groups excluding carboxylic acids is 2. The van der Waals surface area contributed by atoms with Gasteiger partial charge in [0.1, 0.15) is 0 Å². The van der Waals surface area contributed by atoms with E-state index in [4.69, 9.17) is 4.74 Å². The molecule has 1 fully saturated rings. The number of ether oxygens (including phenoxy) is 1. The molecule has 0 saturated carbocycles. The Morgan fingerprint density at radius 2 is 1.93 bits per heavy atom. The summed E-state index contributed by atoms with van der Waals surface area (Å²) >= 11 is 1.31. The molecule has 0 radical (unpaired) electrons. The Morgan fingerprint density at radius 3 is 2.56 bits per heavy atom. The zero-order chi connectivity index (χ0) is 19.4. The van der Waals surface area contributed by atoms with Gasteiger partial charge in [0.05, 0.1) is 22.5 Å². The predicted octanol–water partition coefficient (Wildman–Crippen LogP) is 4.16. The Bertz CT molecular complexity index is 816. The topological polar surface area (TPSA) is 58.6 Å².